The van der Waals surface area contributed by atoms with Crippen molar-refractivity contribution in [3.63, 3.8) is 0 Å². The van der Waals surface area contributed by atoms with E-state index in [4.69, 9.17) is 5.11 Å². The molecule has 0 aromatic heterocycles. The maximum absolute atomic E-state index is 11.6. The molecular formula is C4HFO3. The first-order chi connectivity index (χ1) is 3.64. The lowest BCUT2D eigenvalue weighted by atomic mass is 10.3. The molecule has 42 valence electrons. The van der Waals surface area contributed by atoms with Gasteiger partial charge in [0, 0.05) is 0 Å². The van der Waals surface area contributed by atoms with E-state index in [9.17, 15) is 14.0 Å². The van der Waals surface area contributed by atoms with Gasteiger partial charge in [-0.05, 0) is 0 Å². The highest BCUT2D eigenvalue weighted by Crippen LogP contribution is 2.02. The predicted molar refractivity (Wildman–Crippen MR) is 23.0 cm³/mol. The molecule has 1 aromatic carbocycles. The molecule has 0 saturated carbocycles. The van der Waals surface area contributed by atoms with Gasteiger partial charge in [0.25, 0.3) is 10.9 Å². The van der Waals surface area contributed by atoms with Crippen molar-refractivity contribution in [1.82, 2.24) is 0 Å². The minimum atomic E-state index is -1.32. The molecular weight excluding hydrogens is 115 g/mol. The Morgan fingerprint density at radius 2 is 1.75 bits per heavy atom. The minimum absolute atomic E-state index is 1.05. The number of halogens is 1. The van der Waals surface area contributed by atoms with E-state index in [1.54, 1.807) is 0 Å². The highest BCUT2D eigenvalue weighted by Gasteiger charge is 2.18. The fourth-order valence-electron chi connectivity index (χ4n) is 0.352. The average Bonchev–Trinajstić information content (AvgIpc) is 1.83. The van der Waals surface area contributed by atoms with E-state index in [0.717, 1.165) is 0 Å². The van der Waals surface area contributed by atoms with Gasteiger partial charge in [-0.2, -0.15) is 4.39 Å². The number of aromatic hydroxyl groups is 1. The Kier molecular flexibility index (Phi) is 0.713. The second-order valence-electron chi connectivity index (χ2n) is 1.32. The summed E-state index contributed by atoms with van der Waals surface area (Å²) in [5.74, 6) is -2.37. The Labute approximate surface area is 42.7 Å². The Bertz CT molecular complexity index is 251. The van der Waals surface area contributed by atoms with E-state index in [1.807, 2.05) is 0 Å². The first-order valence-corrected chi connectivity index (χ1v) is 1.82. The summed E-state index contributed by atoms with van der Waals surface area (Å²) in [7, 11) is 0. The summed E-state index contributed by atoms with van der Waals surface area (Å²) in [5, 5.41) is 8.09. The first-order valence-electron chi connectivity index (χ1n) is 1.82. The van der Waals surface area contributed by atoms with E-state index < -0.39 is 22.4 Å². The van der Waals surface area contributed by atoms with Crippen molar-refractivity contribution < 1.29 is 9.50 Å². The quantitative estimate of drug-likeness (QED) is 0.448. The Morgan fingerprint density at radius 3 is 1.88 bits per heavy atom. The van der Waals surface area contributed by atoms with Crippen molar-refractivity contribution in [1.29, 1.82) is 0 Å². The molecule has 0 spiro atoms. The average molecular weight is 116 g/mol. The molecule has 1 rings (SSSR count). The molecule has 0 heterocycles. The second-order valence-corrected chi connectivity index (χ2v) is 1.32. The fourth-order valence-corrected chi connectivity index (χ4v) is 0.352. The highest BCUT2D eigenvalue weighted by molar-refractivity contribution is 5.27. The van der Waals surface area contributed by atoms with Crippen molar-refractivity contribution >= 4 is 0 Å². The number of hydrogen-bond donors (Lipinski definition) is 1. The van der Waals surface area contributed by atoms with Crippen LogP contribution in [-0.4, -0.2) is 5.11 Å². The smallest absolute Gasteiger partial charge is 0.273 e. The van der Waals surface area contributed by atoms with Crippen LogP contribution in [0, 0.1) is 5.82 Å². The van der Waals surface area contributed by atoms with Gasteiger partial charge in [-0.3, -0.25) is 9.59 Å². The molecule has 0 bridgehead atoms. The standard InChI is InChI=1S/C4HFO3/c5-1-2(6)4(8)3(1)7/h6H. The molecule has 0 aliphatic carbocycles. The van der Waals surface area contributed by atoms with Gasteiger partial charge in [0.15, 0.2) is 0 Å². The molecule has 4 heteroatoms. The van der Waals surface area contributed by atoms with Crippen LogP contribution in [0.1, 0.15) is 0 Å². The van der Waals surface area contributed by atoms with E-state index in [1.165, 1.54) is 0 Å². The van der Waals surface area contributed by atoms with Crippen LogP contribution in [0.15, 0.2) is 9.59 Å². The summed E-state index contributed by atoms with van der Waals surface area (Å²) in [6.45, 7) is 0. The number of hydrogen-bond acceptors (Lipinski definition) is 3. The van der Waals surface area contributed by atoms with Gasteiger partial charge in [-0.1, -0.05) is 0 Å². The van der Waals surface area contributed by atoms with Gasteiger partial charge in [0.05, 0.1) is 0 Å². The van der Waals surface area contributed by atoms with Gasteiger partial charge in [-0.25, -0.2) is 0 Å². The summed E-state index contributed by atoms with van der Waals surface area (Å²) in [6.07, 6.45) is 0. The van der Waals surface area contributed by atoms with Crippen molar-refractivity contribution in [3.8, 4) is 5.75 Å². The van der Waals surface area contributed by atoms with Gasteiger partial charge in [0.2, 0.25) is 11.6 Å². The molecule has 8 heavy (non-hydrogen) atoms. The molecule has 0 unspecified atom stereocenters. The molecule has 0 atom stereocenters. The summed E-state index contributed by atoms with van der Waals surface area (Å²) >= 11 is 0. The minimum Gasteiger partial charge on any atom is -0.502 e. The first kappa shape index (κ1) is 4.96. The van der Waals surface area contributed by atoms with Crippen LogP contribution in [0.2, 0.25) is 0 Å². The molecule has 0 radical (unpaired) electrons. The van der Waals surface area contributed by atoms with Crippen LogP contribution in [0.5, 0.6) is 5.75 Å². The topological polar surface area (TPSA) is 54.4 Å². The lowest BCUT2D eigenvalue weighted by molar-refractivity contribution is 0.410. The van der Waals surface area contributed by atoms with Crippen LogP contribution in [0.4, 0.5) is 4.39 Å². The lowest BCUT2D eigenvalue weighted by Gasteiger charge is -1.90. The summed E-state index contributed by atoms with van der Waals surface area (Å²) in [5.41, 5.74) is -2.37. The van der Waals surface area contributed by atoms with E-state index >= 15 is 0 Å². The molecule has 0 fully saturated rings. The summed E-state index contributed by atoms with van der Waals surface area (Å²) in [4.78, 5) is 19.7. The van der Waals surface area contributed by atoms with Gasteiger partial charge in [-0.15, -0.1) is 0 Å². The van der Waals surface area contributed by atoms with Crippen molar-refractivity contribution in [3.05, 3.63) is 26.3 Å². The maximum atomic E-state index is 11.6. The SMILES string of the molecule is O=c1c(O)c(F)c1=O. The third kappa shape index (κ3) is 0.318. The molecule has 3 nitrogen and oxygen atoms in total. The van der Waals surface area contributed by atoms with Gasteiger partial charge in [0.1, 0.15) is 0 Å². The zero-order valence-electron chi connectivity index (χ0n) is 3.64. The normalized spacial score (nSPS) is 10.1. The van der Waals surface area contributed by atoms with Crippen LogP contribution in [0.3, 0.4) is 0 Å². The molecule has 1 N–H and O–H groups in total. The lowest BCUT2D eigenvalue weighted by Crippen LogP contribution is -2.33. The van der Waals surface area contributed by atoms with Crippen molar-refractivity contribution in [2.24, 2.45) is 0 Å². The van der Waals surface area contributed by atoms with E-state index in [0.29, 0.717) is 0 Å². The highest BCUT2D eigenvalue weighted by atomic mass is 19.1. The molecule has 0 aliphatic heterocycles. The van der Waals surface area contributed by atoms with Gasteiger partial charge >= 0.3 is 0 Å². The van der Waals surface area contributed by atoms with Crippen LogP contribution < -0.4 is 10.9 Å². The van der Waals surface area contributed by atoms with Crippen molar-refractivity contribution in [2.75, 3.05) is 0 Å². The van der Waals surface area contributed by atoms with Crippen LogP contribution >= 0.6 is 0 Å². The summed E-state index contributed by atoms with van der Waals surface area (Å²) in [6, 6.07) is 0. The Hall–Kier alpha value is -1.19. The number of rotatable bonds is 0. The molecule has 1 aromatic rings. The summed E-state index contributed by atoms with van der Waals surface area (Å²) < 4.78 is 11.6. The largest absolute Gasteiger partial charge is 0.502 e. The zero-order chi connectivity index (χ0) is 6.31. The zero-order valence-corrected chi connectivity index (χ0v) is 3.64. The van der Waals surface area contributed by atoms with Crippen LogP contribution in [-0.2, 0) is 0 Å². The molecule has 0 saturated heterocycles. The molecule has 0 aliphatic rings. The predicted octanol–water partition coefficient (Wildman–Crippen LogP) is -0.873. The maximum Gasteiger partial charge on any atom is 0.273 e. The van der Waals surface area contributed by atoms with Crippen LogP contribution in [0.25, 0.3) is 0 Å². The fraction of sp³-hybridized carbons (Fsp3) is 0. The van der Waals surface area contributed by atoms with E-state index in [2.05, 4.69) is 0 Å². The Morgan fingerprint density at radius 1 is 1.25 bits per heavy atom. The monoisotopic (exact) mass is 116 g/mol. The van der Waals surface area contributed by atoms with Gasteiger partial charge < -0.3 is 5.11 Å². The second kappa shape index (κ2) is 1.15. The Balaban J connectivity index is 3.48. The van der Waals surface area contributed by atoms with E-state index in [-0.39, 0.29) is 0 Å². The third-order valence-electron chi connectivity index (χ3n) is 0.829. The van der Waals surface area contributed by atoms with Crippen molar-refractivity contribution in [2.45, 2.75) is 0 Å². The third-order valence-corrected chi connectivity index (χ3v) is 0.829. The molecule has 0 amide bonds.